The van der Waals surface area contributed by atoms with Crippen molar-refractivity contribution in [2.75, 3.05) is 24.9 Å². The van der Waals surface area contributed by atoms with Crippen molar-refractivity contribution in [2.24, 2.45) is 0 Å². The van der Waals surface area contributed by atoms with E-state index in [1.54, 1.807) is 56.5 Å². The lowest BCUT2D eigenvalue weighted by molar-refractivity contribution is -0.115. The summed E-state index contributed by atoms with van der Waals surface area (Å²) < 4.78 is 10.7. The molecular weight excluding hydrogens is 344 g/mol. The van der Waals surface area contributed by atoms with Crippen LogP contribution in [0, 0.1) is 0 Å². The molecule has 0 heterocycles. The van der Waals surface area contributed by atoms with Gasteiger partial charge in [-0.05, 0) is 36.8 Å². The van der Waals surface area contributed by atoms with E-state index in [1.807, 2.05) is 0 Å². The molecule has 0 spiro atoms. The van der Waals surface area contributed by atoms with E-state index in [4.69, 9.17) is 9.47 Å². The summed E-state index contributed by atoms with van der Waals surface area (Å²) in [6, 6.07) is 10.4. The van der Waals surface area contributed by atoms with Gasteiger partial charge in [0.1, 0.15) is 0 Å². The van der Waals surface area contributed by atoms with Crippen molar-refractivity contribution in [3.05, 3.63) is 60.2 Å². The second-order valence-electron chi connectivity index (χ2n) is 5.80. The smallest absolute Gasteiger partial charge is 0.255 e. The lowest BCUT2D eigenvalue weighted by atomic mass is 10.0. The lowest BCUT2D eigenvalue weighted by Crippen LogP contribution is -2.14. The Bertz CT molecular complexity index is 846. The fraction of sp³-hybridized carbons (Fsp3) is 0.238. The molecule has 0 radical (unpaired) electrons. The maximum atomic E-state index is 12.7. The molecule has 2 N–H and O–H groups in total. The number of allylic oxidation sites excluding steroid dienone is 1. The van der Waals surface area contributed by atoms with Crippen molar-refractivity contribution in [3.63, 3.8) is 0 Å². The molecule has 2 aromatic carbocycles. The molecule has 6 nitrogen and oxygen atoms in total. The minimum atomic E-state index is -0.291. The van der Waals surface area contributed by atoms with Gasteiger partial charge in [0.05, 0.1) is 14.2 Å². The average Bonchev–Trinajstić information content (AvgIpc) is 2.67. The lowest BCUT2D eigenvalue weighted by Gasteiger charge is -2.14. The Balaban J connectivity index is 2.27. The summed E-state index contributed by atoms with van der Waals surface area (Å²) in [7, 11) is 3.08. The van der Waals surface area contributed by atoms with Crippen LogP contribution in [-0.4, -0.2) is 26.0 Å². The fourth-order valence-corrected chi connectivity index (χ4v) is 2.61. The van der Waals surface area contributed by atoms with E-state index in [1.165, 1.54) is 7.11 Å². The summed E-state index contributed by atoms with van der Waals surface area (Å²) >= 11 is 0. The van der Waals surface area contributed by atoms with Gasteiger partial charge in [0.2, 0.25) is 5.91 Å². The predicted octanol–water partition coefficient (Wildman–Crippen LogP) is 4.03. The van der Waals surface area contributed by atoms with E-state index in [2.05, 4.69) is 17.2 Å². The van der Waals surface area contributed by atoms with E-state index in [9.17, 15) is 9.59 Å². The molecular formula is C21H24N2O4. The number of hydrogen-bond acceptors (Lipinski definition) is 4. The van der Waals surface area contributed by atoms with Gasteiger partial charge in [-0.15, -0.1) is 6.58 Å². The Kier molecular flexibility index (Phi) is 7.00. The number of ether oxygens (including phenoxy) is 2. The normalized spacial score (nSPS) is 10.0. The van der Waals surface area contributed by atoms with Crippen molar-refractivity contribution in [1.29, 1.82) is 0 Å². The largest absolute Gasteiger partial charge is 0.493 e. The van der Waals surface area contributed by atoms with Crippen LogP contribution < -0.4 is 20.1 Å². The number of nitrogens with one attached hydrogen (secondary N) is 2. The van der Waals surface area contributed by atoms with Gasteiger partial charge in [0, 0.05) is 28.9 Å². The number of rotatable bonds is 8. The van der Waals surface area contributed by atoms with Crippen LogP contribution in [-0.2, 0) is 11.2 Å². The van der Waals surface area contributed by atoms with Crippen molar-refractivity contribution < 1.29 is 19.1 Å². The average molecular weight is 368 g/mol. The molecule has 0 bridgehead atoms. The monoisotopic (exact) mass is 368 g/mol. The Labute approximate surface area is 159 Å². The van der Waals surface area contributed by atoms with Crippen molar-refractivity contribution in [3.8, 4) is 11.5 Å². The van der Waals surface area contributed by atoms with Gasteiger partial charge in [-0.1, -0.05) is 19.1 Å². The molecule has 0 aliphatic rings. The third-order valence-electron chi connectivity index (χ3n) is 3.91. The van der Waals surface area contributed by atoms with E-state index in [0.717, 1.165) is 5.56 Å². The first-order chi connectivity index (χ1) is 13.0. The van der Waals surface area contributed by atoms with Gasteiger partial charge in [0.15, 0.2) is 11.5 Å². The maximum absolute atomic E-state index is 12.7. The number of carbonyl (C=O) groups is 2. The summed E-state index contributed by atoms with van der Waals surface area (Å²) in [5, 5.41) is 5.60. The van der Waals surface area contributed by atoms with Gasteiger partial charge in [-0.3, -0.25) is 9.59 Å². The molecule has 0 aliphatic carbocycles. The first-order valence-corrected chi connectivity index (χ1v) is 8.59. The van der Waals surface area contributed by atoms with Crippen molar-refractivity contribution in [1.82, 2.24) is 0 Å². The molecule has 6 heteroatoms. The number of anilines is 2. The molecule has 0 atom stereocenters. The summed E-state index contributed by atoms with van der Waals surface area (Å²) in [4.78, 5) is 24.2. The third kappa shape index (κ3) is 5.10. The zero-order chi connectivity index (χ0) is 19.8. The second-order valence-corrected chi connectivity index (χ2v) is 5.80. The van der Waals surface area contributed by atoms with Crippen LogP contribution in [0.2, 0.25) is 0 Å². The quantitative estimate of drug-likeness (QED) is 0.690. The number of benzene rings is 2. The van der Waals surface area contributed by atoms with E-state index in [-0.39, 0.29) is 11.8 Å². The summed E-state index contributed by atoms with van der Waals surface area (Å²) in [5.41, 5.74) is 2.45. The third-order valence-corrected chi connectivity index (χ3v) is 3.91. The van der Waals surface area contributed by atoms with E-state index >= 15 is 0 Å². The van der Waals surface area contributed by atoms with Gasteiger partial charge in [-0.25, -0.2) is 0 Å². The number of carbonyl (C=O) groups excluding carboxylic acids is 2. The first kappa shape index (κ1) is 20.0. The molecule has 0 fully saturated rings. The van der Waals surface area contributed by atoms with Crippen molar-refractivity contribution >= 4 is 23.2 Å². The topological polar surface area (TPSA) is 76.7 Å². The van der Waals surface area contributed by atoms with Gasteiger partial charge in [0.25, 0.3) is 5.91 Å². The maximum Gasteiger partial charge on any atom is 0.255 e. The Hall–Kier alpha value is -3.28. The van der Waals surface area contributed by atoms with Crippen LogP contribution >= 0.6 is 0 Å². The van der Waals surface area contributed by atoms with Crippen LogP contribution in [0.4, 0.5) is 11.4 Å². The van der Waals surface area contributed by atoms with Crippen LogP contribution in [0.1, 0.15) is 29.3 Å². The van der Waals surface area contributed by atoms with Crippen LogP contribution in [0.15, 0.2) is 49.1 Å². The second kappa shape index (κ2) is 9.43. The minimum Gasteiger partial charge on any atom is -0.493 e. The van der Waals surface area contributed by atoms with Crippen LogP contribution in [0.5, 0.6) is 11.5 Å². The zero-order valence-electron chi connectivity index (χ0n) is 15.8. The number of methoxy groups -OCH3 is 2. The van der Waals surface area contributed by atoms with Crippen molar-refractivity contribution in [2.45, 2.75) is 19.8 Å². The molecule has 27 heavy (non-hydrogen) atoms. The minimum absolute atomic E-state index is 0.0903. The molecule has 2 rings (SSSR count). The Morgan fingerprint density at radius 2 is 1.78 bits per heavy atom. The van der Waals surface area contributed by atoms with E-state index in [0.29, 0.717) is 41.3 Å². The summed E-state index contributed by atoms with van der Waals surface area (Å²) in [6.07, 6.45) is 2.66. The van der Waals surface area contributed by atoms with Gasteiger partial charge >= 0.3 is 0 Å². The standard InChI is InChI=1S/C21H24N2O4/c1-5-8-14-11-15(12-18(26-3)20(14)27-4)21(25)23-17-10-7-9-16(13-17)22-19(24)6-2/h5,7,9-13H,1,6,8H2,2-4H3,(H,22,24)(H,23,25). The highest BCUT2D eigenvalue weighted by atomic mass is 16.5. The zero-order valence-corrected chi connectivity index (χ0v) is 15.8. The first-order valence-electron chi connectivity index (χ1n) is 8.59. The molecule has 142 valence electrons. The SMILES string of the molecule is C=CCc1cc(C(=O)Nc2cccc(NC(=O)CC)c2)cc(OC)c1OC. The van der Waals surface area contributed by atoms with Crippen LogP contribution in [0.25, 0.3) is 0 Å². The van der Waals surface area contributed by atoms with Crippen LogP contribution in [0.3, 0.4) is 0 Å². The van der Waals surface area contributed by atoms with Gasteiger partial charge in [-0.2, -0.15) is 0 Å². The molecule has 0 unspecified atom stereocenters. The number of amides is 2. The number of hydrogen-bond donors (Lipinski definition) is 2. The summed E-state index contributed by atoms with van der Waals surface area (Å²) in [6.45, 7) is 5.51. The summed E-state index contributed by atoms with van der Waals surface area (Å²) in [5.74, 6) is 0.678. The highest BCUT2D eigenvalue weighted by molar-refractivity contribution is 6.05. The molecule has 0 aliphatic heterocycles. The molecule has 0 saturated heterocycles. The molecule has 0 aromatic heterocycles. The fourth-order valence-electron chi connectivity index (χ4n) is 2.61. The highest BCUT2D eigenvalue weighted by Gasteiger charge is 2.16. The molecule has 2 amide bonds. The highest BCUT2D eigenvalue weighted by Crippen LogP contribution is 2.33. The van der Waals surface area contributed by atoms with Gasteiger partial charge < -0.3 is 20.1 Å². The Morgan fingerprint density at radius 1 is 1.07 bits per heavy atom. The Morgan fingerprint density at radius 3 is 2.37 bits per heavy atom. The predicted molar refractivity (Wildman–Crippen MR) is 107 cm³/mol. The molecule has 0 saturated carbocycles. The van der Waals surface area contributed by atoms with E-state index < -0.39 is 0 Å². The molecule has 2 aromatic rings.